The zero-order valence-electron chi connectivity index (χ0n) is 10.7. The molecule has 0 saturated heterocycles. The fraction of sp³-hybridized carbons (Fsp3) is 0.231. The molecule has 1 aromatic carbocycles. The smallest absolute Gasteiger partial charge is 0.168 e. The lowest BCUT2D eigenvalue weighted by Gasteiger charge is -2.14. The fourth-order valence-corrected chi connectivity index (χ4v) is 1.65. The number of hydrogen-bond donors (Lipinski definition) is 0. The summed E-state index contributed by atoms with van der Waals surface area (Å²) in [5.41, 5.74) is 0.923. The third-order valence-electron chi connectivity index (χ3n) is 2.39. The van der Waals surface area contributed by atoms with Crippen molar-refractivity contribution in [3.05, 3.63) is 48.5 Å². The Bertz CT molecular complexity index is 532. The first-order valence-electron chi connectivity index (χ1n) is 5.60. The summed E-state index contributed by atoms with van der Waals surface area (Å²) in [6, 6.07) is 7.78. The van der Waals surface area contributed by atoms with Gasteiger partial charge in [-0.3, -0.25) is 4.57 Å². The van der Waals surface area contributed by atoms with E-state index in [-0.39, 0.29) is 0 Å². The molecular formula is C13H16N4O. The zero-order valence-corrected chi connectivity index (χ0v) is 10.7. The van der Waals surface area contributed by atoms with Crippen LogP contribution in [0.2, 0.25) is 0 Å². The van der Waals surface area contributed by atoms with Crippen LogP contribution in [0.1, 0.15) is 5.56 Å². The monoisotopic (exact) mass is 244 g/mol. The first kappa shape index (κ1) is 12.2. The third-order valence-corrected chi connectivity index (χ3v) is 2.39. The van der Waals surface area contributed by atoms with Gasteiger partial charge in [0, 0.05) is 26.5 Å². The molecule has 0 radical (unpaired) electrons. The SMILES string of the molecule is COc1ccccc1C(=NN(C)C)n1ccnc1. The molecule has 2 aromatic rings. The van der Waals surface area contributed by atoms with E-state index in [1.807, 2.05) is 49.1 Å². The second kappa shape index (κ2) is 5.35. The molecule has 0 aliphatic rings. The van der Waals surface area contributed by atoms with Crippen LogP contribution >= 0.6 is 0 Å². The molecule has 0 spiro atoms. The molecule has 5 heteroatoms. The van der Waals surface area contributed by atoms with Gasteiger partial charge in [-0.05, 0) is 12.1 Å². The van der Waals surface area contributed by atoms with Crippen molar-refractivity contribution in [2.75, 3.05) is 21.2 Å². The highest BCUT2D eigenvalue weighted by Gasteiger charge is 2.11. The number of para-hydroxylation sites is 1. The van der Waals surface area contributed by atoms with Gasteiger partial charge in [0.15, 0.2) is 5.84 Å². The molecule has 1 aromatic heterocycles. The van der Waals surface area contributed by atoms with Crippen molar-refractivity contribution in [3.8, 4) is 5.75 Å². The first-order valence-corrected chi connectivity index (χ1v) is 5.60. The van der Waals surface area contributed by atoms with Crippen molar-refractivity contribution in [1.82, 2.24) is 14.6 Å². The second-order valence-electron chi connectivity index (χ2n) is 3.94. The molecule has 1 heterocycles. The van der Waals surface area contributed by atoms with Crippen molar-refractivity contribution < 1.29 is 4.74 Å². The maximum absolute atomic E-state index is 5.37. The summed E-state index contributed by atoms with van der Waals surface area (Å²) in [7, 11) is 5.42. The van der Waals surface area contributed by atoms with Crippen molar-refractivity contribution >= 4 is 5.84 Å². The van der Waals surface area contributed by atoms with E-state index in [4.69, 9.17) is 4.74 Å². The number of imidazole rings is 1. The third kappa shape index (κ3) is 2.51. The highest BCUT2D eigenvalue weighted by atomic mass is 16.5. The Kier molecular flexibility index (Phi) is 3.62. The van der Waals surface area contributed by atoms with Crippen molar-refractivity contribution in [1.29, 1.82) is 0 Å². The zero-order chi connectivity index (χ0) is 13.0. The van der Waals surface area contributed by atoms with Crippen LogP contribution in [0.5, 0.6) is 5.75 Å². The van der Waals surface area contributed by atoms with E-state index in [0.29, 0.717) is 0 Å². The molecule has 0 aliphatic heterocycles. The number of methoxy groups -OCH3 is 1. The van der Waals surface area contributed by atoms with Gasteiger partial charge in [-0.2, -0.15) is 5.10 Å². The summed E-state index contributed by atoms with van der Waals surface area (Å²) in [6.07, 6.45) is 5.30. The minimum absolute atomic E-state index is 0.773. The number of hydrogen-bond acceptors (Lipinski definition) is 4. The number of ether oxygens (including phenoxy) is 1. The van der Waals surface area contributed by atoms with Crippen LogP contribution in [0, 0.1) is 0 Å². The van der Waals surface area contributed by atoms with Gasteiger partial charge in [0.2, 0.25) is 0 Å². The first-order chi connectivity index (χ1) is 8.72. The maximum atomic E-state index is 5.37. The average Bonchev–Trinajstić information content (AvgIpc) is 2.89. The molecule has 0 atom stereocenters. The molecule has 94 valence electrons. The van der Waals surface area contributed by atoms with Crippen LogP contribution < -0.4 is 4.74 Å². The van der Waals surface area contributed by atoms with Crippen molar-refractivity contribution in [2.45, 2.75) is 0 Å². The predicted octanol–water partition coefficient (Wildman–Crippen LogP) is 1.66. The molecule has 0 N–H and O–H groups in total. The highest BCUT2D eigenvalue weighted by molar-refractivity contribution is 6.02. The lowest BCUT2D eigenvalue weighted by atomic mass is 10.2. The normalized spacial score (nSPS) is 11.4. The van der Waals surface area contributed by atoms with Gasteiger partial charge in [-0.15, -0.1) is 0 Å². The van der Waals surface area contributed by atoms with Gasteiger partial charge in [-0.1, -0.05) is 12.1 Å². The molecule has 0 fully saturated rings. The molecule has 0 bridgehead atoms. The van der Waals surface area contributed by atoms with Gasteiger partial charge >= 0.3 is 0 Å². The molecule has 0 aliphatic carbocycles. The van der Waals surface area contributed by atoms with Crippen molar-refractivity contribution in [2.24, 2.45) is 5.10 Å². The van der Waals surface area contributed by atoms with Crippen LogP contribution in [-0.4, -0.2) is 41.6 Å². The molecule has 0 unspecified atom stereocenters. The molecule has 2 rings (SSSR count). The topological polar surface area (TPSA) is 42.6 Å². The quantitative estimate of drug-likeness (QED) is 0.468. The van der Waals surface area contributed by atoms with Crippen molar-refractivity contribution in [3.63, 3.8) is 0 Å². The van der Waals surface area contributed by atoms with E-state index >= 15 is 0 Å². The Morgan fingerprint density at radius 2 is 2.11 bits per heavy atom. The molecule has 0 amide bonds. The number of rotatable bonds is 3. The summed E-state index contributed by atoms with van der Waals surface area (Å²) >= 11 is 0. The molecular weight excluding hydrogens is 228 g/mol. The van der Waals surface area contributed by atoms with Gasteiger partial charge < -0.3 is 9.75 Å². The largest absolute Gasteiger partial charge is 0.496 e. The van der Waals surface area contributed by atoms with E-state index < -0.39 is 0 Å². The van der Waals surface area contributed by atoms with Crippen LogP contribution in [0.4, 0.5) is 0 Å². The molecule has 0 saturated carbocycles. The predicted molar refractivity (Wildman–Crippen MR) is 70.8 cm³/mol. The minimum atomic E-state index is 0.773. The van der Waals surface area contributed by atoms with Crippen LogP contribution in [0.3, 0.4) is 0 Å². The Balaban J connectivity index is 2.54. The van der Waals surface area contributed by atoms with Crippen LogP contribution in [0.15, 0.2) is 48.1 Å². The minimum Gasteiger partial charge on any atom is -0.496 e. The number of hydrazone groups is 1. The summed E-state index contributed by atoms with van der Waals surface area (Å²) in [5.74, 6) is 1.56. The van der Waals surface area contributed by atoms with E-state index in [1.54, 1.807) is 24.6 Å². The van der Waals surface area contributed by atoms with Gasteiger partial charge in [0.05, 0.1) is 12.7 Å². The van der Waals surface area contributed by atoms with Crippen LogP contribution in [-0.2, 0) is 0 Å². The summed E-state index contributed by atoms with van der Waals surface area (Å²) < 4.78 is 7.23. The maximum Gasteiger partial charge on any atom is 0.168 e. The standard InChI is InChI=1S/C13H16N4O/c1-16(2)15-13(17-9-8-14-10-17)11-6-4-5-7-12(11)18-3/h4-10H,1-3H3. The van der Waals surface area contributed by atoms with E-state index in [9.17, 15) is 0 Å². The number of aromatic nitrogens is 2. The highest BCUT2D eigenvalue weighted by Crippen LogP contribution is 2.19. The number of benzene rings is 1. The Morgan fingerprint density at radius 1 is 1.33 bits per heavy atom. The van der Waals surface area contributed by atoms with E-state index in [2.05, 4.69) is 10.1 Å². The lowest BCUT2D eigenvalue weighted by molar-refractivity contribution is 0.411. The van der Waals surface area contributed by atoms with Gasteiger partial charge in [0.25, 0.3) is 0 Å². The number of nitrogens with zero attached hydrogens (tertiary/aromatic N) is 4. The Hall–Kier alpha value is -2.30. The fourth-order valence-electron chi connectivity index (χ4n) is 1.65. The molecule has 5 nitrogen and oxygen atoms in total. The summed E-state index contributed by atoms with van der Waals surface area (Å²) in [5, 5.41) is 6.24. The Labute approximate surface area is 106 Å². The molecule has 18 heavy (non-hydrogen) atoms. The average molecular weight is 244 g/mol. The van der Waals surface area contributed by atoms with Gasteiger partial charge in [0.1, 0.15) is 12.1 Å². The Morgan fingerprint density at radius 3 is 2.72 bits per heavy atom. The van der Waals surface area contributed by atoms with E-state index in [0.717, 1.165) is 17.1 Å². The summed E-state index contributed by atoms with van der Waals surface area (Å²) in [4.78, 5) is 4.05. The van der Waals surface area contributed by atoms with Gasteiger partial charge in [-0.25, -0.2) is 4.98 Å². The lowest BCUT2D eigenvalue weighted by Crippen LogP contribution is -2.17. The second-order valence-corrected chi connectivity index (χ2v) is 3.94. The summed E-state index contributed by atoms with van der Waals surface area (Å²) in [6.45, 7) is 0. The van der Waals surface area contributed by atoms with Crippen LogP contribution in [0.25, 0.3) is 0 Å². The van der Waals surface area contributed by atoms with E-state index in [1.165, 1.54) is 0 Å².